The van der Waals surface area contributed by atoms with Crippen LogP contribution in [-0.4, -0.2) is 52.2 Å². The van der Waals surface area contributed by atoms with Crippen molar-refractivity contribution < 1.29 is 13.9 Å². The maximum atomic E-state index is 12.2. The molecule has 2 aromatic rings. The van der Waals surface area contributed by atoms with E-state index >= 15 is 0 Å². The Morgan fingerprint density at radius 3 is 2.75 bits per heavy atom. The molecule has 0 saturated carbocycles. The number of aromatic nitrogens is 1. The van der Waals surface area contributed by atoms with Gasteiger partial charge in [-0.25, -0.2) is 9.78 Å². The molecule has 1 saturated heterocycles. The average Bonchev–Trinajstić information content (AvgIpc) is 2.89. The fraction of sp³-hybridized carbons (Fsp3) is 0.556. The van der Waals surface area contributed by atoms with Gasteiger partial charge in [-0.1, -0.05) is 12.1 Å². The van der Waals surface area contributed by atoms with Gasteiger partial charge in [-0.05, 0) is 39.8 Å². The Labute approximate surface area is 142 Å². The second-order valence-electron chi connectivity index (χ2n) is 7.32. The Morgan fingerprint density at radius 2 is 2.08 bits per heavy atom. The lowest BCUT2D eigenvalue weighted by atomic mass is 10.2. The summed E-state index contributed by atoms with van der Waals surface area (Å²) < 4.78 is 11.3. The van der Waals surface area contributed by atoms with E-state index in [0.29, 0.717) is 25.5 Å². The highest BCUT2D eigenvalue weighted by molar-refractivity contribution is 5.72. The minimum Gasteiger partial charge on any atom is -0.444 e. The van der Waals surface area contributed by atoms with Crippen LogP contribution in [0, 0.1) is 0 Å². The molecule has 0 aliphatic carbocycles. The van der Waals surface area contributed by atoms with Crippen molar-refractivity contribution in [3.63, 3.8) is 0 Å². The van der Waals surface area contributed by atoms with Gasteiger partial charge in [0.15, 0.2) is 5.58 Å². The second-order valence-corrected chi connectivity index (χ2v) is 7.32. The summed E-state index contributed by atoms with van der Waals surface area (Å²) in [5, 5.41) is 0. The first kappa shape index (κ1) is 16.8. The van der Waals surface area contributed by atoms with Crippen molar-refractivity contribution in [2.45, 2.75) is 45.9 Å². The first-order chi connectivity index (χ1) is 11.3. The van der Waals surface area contributed by atoms with Crippen LogP contribution in [-0.2, 0) is 11.3 Å². The van der Waals surface area contributed by atoms with Crippen LogP contribution in [0.2, 0.25) is 0 Å². The number of nitrogens with zero attached hydrogens (tertiary/aromatic N) is 3. The van der Waals surface area contributed by atoms with E-state index in [-0.39, 0.29) is 12.1 Å². The van der Waals surface area contributed by atoms with E-state index in [4.69, 9.17) is 9.15 Å². The van der Waals surface area contributed by atoms with Gasteiger partial charge in [-0.3, -0.25) is 4.90 Å². The molecule has 1 aliphatic heterocycles. The number of carbonyl (C=O) groups excluding carboxylic acids is 1. The van der Waals surface area contributed by atoms with Crippen LogP contribution in [0.4, 0.5) is 4.79 Å². The maximum absolute atomic E-state index is 12.2. The third-order valence-corrected chi connectivity index (χ3v) is 4.09. The van der Waals surface area contributed by atoms with E-state index in [1.165, 1.54) is 0 Å². The summed E-state index contributed by atoms with van der Waals surface area (Å²) in [7, 11) is 0. The van der Waals surface area contributed by atoms with Gasteiger partial charge < -0.3 is 14.1 Å². The highest BCUT2D eigenvalue weighted by Crippen LogP contribution is 2.19. The van der Waals surface area contributed by atoms with Crippen molar-refractivity contribution in [3.05, 3.63) is 30.2 Å². The number of hydrogen-bond donors (Lipinski definition) is 0. The van der Waals surface area contributed by atoms with Gasteiger partial charge in [0, 0.05) is 25.7 Å². The van der Waals surface area contributed by atoms with Gasteiger partial charge in [-0.15, -0.1) is 0 Å². The summed E-state index contributed by atoms with van der Waals surface area (Å²) in [6.07, 6.45) is -0.240. The first-order valence-corrected chi connectivity index (χ1v) is 8.38. The standard InChI is InChI=1S/C18H25N3O3/c1-13-11-21(17(22)24-18(2,3)4)10-9-20(13)12-16-19-14-7-5-6-8-15(14)23-16/h5-8,13H,9-12H2,1-4H3. The Kier molecular flexibility index (Phi) is 4.49. The van der Waals surface area contributed by atoms with E-state index in [1.807, 2.05) is 45.0 Å². The number of piperazine rings is 1. The molecule has 130 valence electrons. The van der Waals surface area contributed by atoms with Gasteiger partial charge in [-0.2, -0.15) is 0 Å². The van der Waals surface area contributed by atoms with E-state index < -0.39 is 5.60 Å². The number of oxazole rings is 1. The lowest BCUT2D eigenvalue weighted by Crippen LogP contribution is -2.54. The molecule has 0 bridgehead atoms. The fourth-order valence-electron chi connectivity index (χ4n) is 2.88. The summed E-state index contributed by atoms with van der Waals surface area (Å²) in [5.41, 5.74) is 1.23. The zero-order valence-electron chi connectivity index (χ0n) is 14.8. The Bertz CT molecular complexity index is 687. The van der Waals surface area contributed by atoms with Crippen LogP contribution >= 0.6 is 0 Å². The van der Waals surface area contributed by atoms with Gasteiger partial charge in [0.05, 0.1) is 6.54 Å². The van der Waals surface area contributed by atoms with Gasteiger partial charge in [0.1, 0.15) is 11.1 Å². The Morgan fingerprint density at radius 1 is 1.33 bits per heavy atom. The molecule has 0 N–H and O–H groups in total. The van der Waals surface area contributed by atoms with Crippen molar-refractivity contribution in [3.8, 4) is 0 Å². The number of ether oxygens (including phenoxy) is 1. The van der Waals surface area contributed by atoms with Crippen molar-refractivity contribution in [1.29, 1.82) is 0 Å². The molecular formula is C18H25N3O3. The third-order valence-electron chi connectivity index (χ3n) is 4.09. The summed E-state index contributed by atoms with van der Waals surface area (Å²) in [5.74, 6) is 0.716. The van der Waals surface area contributed by atoms with Crippen LogP contribution in [0.1, 0.15) is 33.6 Å². The first-order valence-electron chi connectivity index (χ1n) is 8.38. The van der Waals surface area contributed by atoms with E-state index in [2.05, 4.69) is 16.8 Å². The molecule has 0 radical (unpaired) electrons. The summed E-state index contributed by atoms with van der Waals surface area (Å²) in [4.78, 5) is 20.8. The molecule has 6 heteroatoms. The highest BCUT2D eigenvalue weighted by Gasteiger charge is 2.30. The smallest absolute Gasteiger partial charge is 0.410 e. The van der Waals surface area contributed by atoms with Gasteiger partial charge >= 0.3 is 6.09 Å². The van der Waals surface area contributed by atoms with Crippen LogP contribution in [0.5, 0.6) is 0 Å². The maximum Gasteiger partial charge on any atom is 0.410 e. The molecule has 24 heavy (non-hydrogen) atoms. The zero-order chi connectivity index (χ0) is 17.3. The van der Waals surface area contributed by atoms with Crippen LogP contribution in [0.25, 0.3) is 11.1 Å². The largest absolute Gasteiger partial charge is 0.444 e. The Hall–Kier alpha value is -2.08. The number of hydrogen-bond acceptors (Lipinski definition) is 5. The molecule has 0 spiro atoms. The molecule has 1 aliphatic rings. The number of amides is 1. The molecule has 1 fully saturated rings. The number of benzene rings is 1. The Balaban J connectivity index is 1.60. The normalized spacial score (nSPS) is 19.7. The van der Waals surface area contributed by atoms with E-state index in [0.717, 1.165) is 17.6 Å². The molecule has 2 heterocycles. The highest BCUT2D eigenvalue weighted by atomic mass is 16.6. The molecule has 3 rings (SSSR count). The molecule has 1 amide bonds. The van der Waals surface area contributed by atoms with Gasteiger partial charge in [0.2, 0.25) is 5.89 Å². The predicted octanol–water partition coefficient (Wildman–Crippen LogP) is 3.27. The average molecular weight is 331 g/mol. The van der Waals surface area contributed by atoms with Crippen molar-refractivity contribution in [1.82, 2.24) is 14.8 Å². The van der Waals surface area contributed by atoms with Crippen LogP contribution in [0.3, 0.4) is 0 Å². The number of fused-ring (bicyclic) bond motifs is 1. The monoisotopic (exact) mass is 331 g/mol. The number of carbonyl (C=O) groups is 1. The molecule has 1 aromatic heterocycles. The summed E-state index contributed by atoms with van der Waals surface area (Å²) in [6, 6.07) is 8.00. The number of para-hydroxylation sites is 2. The minimum atomic E-state index is -0.463. The van der Waals surface area contributed by atoms with Crippen molar-refractivity contribution >= 4 is 17.2 Å². The zero-order valence-corrected chi connectivity index (χ0v) is 14.8. The summed E-state index contributed by atoms with van der Waals surface area (Å²) in [6.45, 7) is 10.5. The lowest BCUT2D eigenvalue weighted by Gasteiger charge is -2.39. The molecule has 1 unspecified atom stereocenters. The third kappa shape index (κ3) is 3.87. The molecule has 6 nitrogen and oxygen atoms in total. The topological polar surface area (TPSA) is 58.8 Å². The van der Waals surface area contributed by atoms with Crippen LogP contribution < -0.4 is 0 Å². The van der Waals surface area contributed by atoms with E-state index in [9.17, 15) is 4.79 Å². The number of rotatable bonds is 2. The van der Waals surface area contributed by atoms with Crippen LogP contribution in [0.15, 0.2) is 28.7 Å². The molecule has 1 aromatic carbocycles. The van der Waals surface area contributed by atoms with E-state index in [1.54, 1.807) is 4.90 Å². The lowest BCUT2D eigenvalue weighted by molar-refractivity contribution is 0.00359. The second kappa shape index (κ2) is 6.43. The van der Waals surface area contributed by atoms with Gasteiger partial charge in [0.25, 0.3) is 0 Å². The minimum absolute atomic E-state index is 0.223. The predicted molar refractivity (Wildman–Crippen MR) is 91.7 cm³/mol. The summed E-state index contributed by atoms with van der Waals surface area (Å²) >= 11 is 0. The molecule has 1 atom stereocenters. The quantitative estimate of drug-likeness (QED) is 0.845. The van der Waals surface area contributed by atoms with Crippen molar-refractivity contribution in [2.75, 3.05) is 19.6 Å². The SMILES string of the molecule is CC1CN(C(=O)OC(C)(C)C)CCN1Cc1nc2ccccc2o1. The van der Waals surface area contributed by atoms with Crippen molar-refractivity contribution in [2.24, 2.45) is 0 Å². The fourth-order valence-corrected chi connectivity index (χ4v) is 2.88. The molecular weight excluding hydrogens is 306 g/mol.